The van der Waals surface area contributed by atoms with Gasteiger partial charge in [-0.2, -0.15) is 0 Å². The number of aliphatic hydroxyl groups excluding tert-OH is 3. The van der Waals surface area contributed by atoms with Crippen molar-refractivity contribution in [3.05, 3.63) is 29.8 Å². The van der Waals surface area contributed by atoms with Crippen LogP contribution in [0.15, 0.2) is 24.3 Å². The van der Waals surface area contributed by atoms with Crippen molar-refractivity contribution in [3.8, 4) is 5.75 Å². The highest BCUT2D eigenvalue weighted by Crippen LogP contribution is 2.40. The van der Waals surface area contributed by atoms with Crippen LogP contribution in [0.25, 0.3) is 0 Å². The Bertz CT molecular complexity index is 734. The van der Waals surface area contributed by atoms with Gasteiger partial charge in [0.1, 0.15) is 24.1 Å². The number of hydrogen-bond acceptors (Lipinski definition) is 8. The van der Waals surface area contributed by atoms with Crippen LogP contribution in [0.3, 0.4) is 0 Å². The van der Waals surface area contributed by atoms with E-state index in [4.69, 9.17) is 14.6 Å². The molecule has 6 atom stereocenters. The largest absolute Gasteiger partial charge is 0.479 e. The summed E-state index contributed by atoms with van der Waals surface area (Å²) in [5.41, 5.74) is 0.178. The van der Waals surface area contributed by atoms with Gasteiger partial charge in [0.2, 0.25) is 6.29 Å². The van der Waals surface area contributed by atoms with Crippen molar-refractivity contribution in [3.63, 3.8) is 0 Å². The van der Waals surface area contributed by atoms with Crippen molar-refractivity contribution in [2.24, 2.45) is 0 Å². The minimum Gasteiger partial charge on any atom is -0.479 e. The molecule has 0 spiro atoms. The van der Waals surface area contributed by atoms with Gasteiger partial charge in [0.15, 0.2) is 6.10 Å². The number of aliphatic hydroxyl groups is 4. The second-order valence-corrected chi connectivity index (χ2v) is 8.90. The van der Waals surface area contributed by atoms with Crippen molar-refractivity contribution < 1.29 is 39.8 Å². The fraction of sp³-hybridized carbons (Fsp3) is 0.682. The smallest absolute Gasteiger partial charge is 0.335 e. The highest BCUT2D eigenvalue weighted by molar-refractivity contribution is 5.73. The lowest BCUT2D eigenvalue weighted by molar-refractivity contribution is -0.271. The molecular formula is C22H33NO8. The Kier molecular flexibility index (Phi) is 7.56. The van der Waals surface area contributed by atoms with Crippen molar-refractivity contribution in [2.45, 2.75) is 74.3 Å². The SMILES string of the molecule is CN(C)C[C@H](c1ccc(O[C@@H]2O[C@H](C(=O)O)[C@@H](O)[C@H](O)[C@@H]2O)cc1)C1(O)CCCCC1. The number of rotatable bonds is 7. The quantitative estimate of drug-likeness (QED) is 0.406. The molecule has 0 aromatic heterocycles. The molecule has 174 valence electrons. The lowest BCUT2D eigenvalue weighted by atomic mass is 9.72. The van der Waals surface area contributed by atoms with Crippen molar-refractivity contribution in [1.82, 2.24) is 4.90 Å². The molecule has 9 nitrogen and oxygen atoms in total. The van der Waals surface area contributed by atoms with Gasteiger partial charge >= 0.3 is 5.97 Å². The first-order valence-corrected chi connectivity index (χ1v) is 10.7. The van der Waals surface area contributed by atoms with Gasteiger partial charge in [-0.05, 0) is 44.6 Å². The monoisotopic (exact) mass is 439 g/mol. The third kappa shape index (κ3) is 5.36. The molecule has 3 rings (SSSR count). The highest BCUT2D eigenvalue weighted by Gasteiger charge is 2.48. The van der Waals surface area contributed by atoms with E-state index in [2.05, 4.69) is 0 Å². The Labute approximate surface area is 181 Å². The molecule has 2 fully saturated rings. The van der Waals surface area contributed by atoms with E-state index in [0.717, 1.165) is 37.7 Å². The predicted octanol–water partition coefficient (Wildman–Crippen LogP) is 0.298. The lowest BCUT2D eigenvalue weighted by Crippen LogP contribution is -2.61. The van der Waals surface area contributed by atoms with Crippen LogP contribution in [-0.4, -0.2) is 93.3 Å². The first-order chi connectivity index (χ1) is 14.6. The first-order valence-electron chi connectivity index (χ1n) is 10.7. The van der Waals surface area contributed by atoms with Gasteiger partial charge in [-0.15, -0.1) is 0 Å². The minimum atomic E-state index is -1.77. The number of likely N-dealkylation sites (N-methyl/N-ethyl adjacent to an activating group) is 1. The number of carboxylic acids is 1. The first kappa shape index (κ1) is 23.9. The number of nitrogens with zero attached hydrogens (tertiary/aromatic N) is 1. The van der Waals surface area contributed by atoms with Crippen molar-refractivity contribution in [2.75, 3.05) is 20.6 Å². The minimum absolute atomic E-state index is 0.0817. The molecule has 0 amide bonds. The standard InChI is InChI=1S/C22H33NO8/c1-23(2)12-15(22(29)10-4-3-5-11-22)13-6-8-14(9-7-13)30-21-18(26)16(24)17(25)19(31-21)20(27)28/h6-9,15-19,21,24-26,29H,3-5,10-12H2,1-2H3,(H,27,28)/t15-,16+,17+,18+,19+,21-/m1/s1. The molecule has 1 heterocycles. The van der Waals surface area contributed by atoms with Crippen LogP contribution in [0.4, 0.5) is 0 Å². The second kappa shape index (κ2) is 9.81. The summed E-state index contributed by atoms with van der Waals surface area (Å²) in [4.78, 5) is 13.3. The van der Waals surface area contributed by atoms with Crippen molar-refractivity contribution >= 4 is 5.97 Å². The average Bonchev–Trinajstić information content (AvgIpc) is 2.73. The predicted molar refractivity (Wildman–Crippen MR) is 111 cm³/mol. The van der Waals surface area contributed by atoms with E-state index in [0.29, 0.717) is 12.3 Å². The van der Waals surface area contributed by atoms with Crippen LogP contribution in [0, 0.1) is 0 Å². The second-order valence-electron chi connectivity index (χ2n) is 8.90. The number of benzene rings is 1. The number of carbonyl (C=O) groups is 1. The molecule has 2 aliphatic rings. The van der Waals surface area contributed by atoms with Gasteiger partial charge in [-0.3, -0.25) is 0 Å². The average molecular weight is 440 g/mol. The maximum Gasteiger partial charge on any atom is 0.335 e. The van der Waals surface area contributed by atoms with E-state index in [1.807, 2.05) is 31.1 Å². The molecule has 31 heavy (non-hydrogen) atoms. The molecule has 1 saturated heterocycles. The summed E-state index contributed by atoms with van der Waals surface area (Å²) in [5.74, 6) is -1.24. The Morgan fingerprint density at radius 1 is 1.10 bits per heavy atom. The van der Waals surface area contributed by atoms with Crippen LogP contribution in [0.5, 0.6) is 5.75 Å². The maximum absolute atomic E-state index is 11.3. The normalized spacial score (nSPS) is 31.9. The topological polar surface area (TPSA) is 140 Å². The summed E-state index contributed by atoms with van der Waals surface area (Å²) in [6, 6.07) is 7.00. The molecule has 1 aliphatic carbocycles. The van der Waals surface area contributed by atoms with Gasteiger partial charge in [-0.1, -0.05) is 31.4 Å². The van der Waals surface area contributed by atoms with Crippen LogP contribution in [0.1, 0.15) is 43.6 Å². The molecular weight excluding hydrogens is 406 g/mol. The molecule has 0 bridgehead atoms. The summed E-state index contributed by atoms with van der Waals surface area (Å²) in [5, 5.41) is 50.3. The lowest BCUT2D eigenvalue weighted by Gasteiger charge is -2.41. The molecule has 0 unspecified atom stereocenters. The van der Waals surface area contributed by atoms with Gasteiger partial charge in [0, 0.05) is 12.5 Å². The van der Waals surface area contributed by atoms with Crippen LogP contribution in [-0.2, 0) is 9.53 Å². The summed E-state index contributed by atoms with van der Waals surface area (Å²) >= 11 is 0. The number of hydrogen-bond donors (Lipinski definition) is 5. The van der Waals surface area contributed by atoms with E-state index in [1.54, 1.807) is 12.1 Å². The number of ether oxygens (including phenoxy) is 2. The van der Waals surface area contributed by atoms with E-state index in [-0.39, 0.29) is 5.92 Å². The van der Waals surface area contributed by atoms with Crippen LogP contribution >= 0.6 is 0 Å². The van der Waals surface area contributed by atoms with Gasteiger partial charge in [-0.25, -0.2) is 4.79 Å². The van der Waals surface area contributed by atoms with Gasteiger partial charge in [0.25, 0.3) is 0 Å². The number of aliphatic carboxylic acids is 1. The van der Waals surface area contributed by atoms with Crippen LogP contribution in [0.2, 0.25) is 0 Å². The van der Waals surface area contributed by atoms with E-state index in [1.165, 1.54) is 0 Å². The van der Waals surface area contributed by atoms with Crippen molar-refractivity contribution in [1.29, 1.82) is 0 Å². The van der Waals surface area contributed by atoms with E-state index >= 15 is 0 Å². The molecule has 5 N–H and O–H groups in total. The molecule has 9 heteroatoms. The Morgan fingerprint density at radius 3 is 2.26 bits per heavy atom. The zero-order chi connectivity index (χ0) is 22.8. The van der Waals surface area contributed by atoms with E-state index < -0.39 is 42.3 Å². The summed E-state index contributed by atoms with van der Waals surface area (Å²) in [7, 11) is 3.94. The maximum atomic E-state index is 11.3. The third-order valence-corrected chi connectivity index (χ3v) is 6.26. The summed E-state index contributed by atoms with van der Waals surface area (Å²) < 4.78 is 10.7. The summed E-state index contributed by atoms with van der Waals surface area (Å²) in [6.45, 7) is 0.686. The zero-order valence-corrected chi connectivity index (χ0v) is 17.9. The van der Waals surface area contributed by atoms with Gasteiger partial charge < -0.3 is 39.9 Å². The number of carboxylic acid groups (broad SMARTS) is 1. The third-order valence-electron chi connectivity index (χ3n) is 6.26. The Balaban J connectivity index is 1.75. The molecule has 1 saturated carbocycles. The summed E-state index contributed by atoms with van der Waals surface area (Å²) in [6.07, 6.45) is -3.64. The highest BCUT2D eigenvalue weighted by atomic mass is 16.7. The fourth-order valence-corrected chi connectivity index (χ4v) is 4.53. The van der Waals surface area contributed by atoms with Crippen LogP contribution < -0.4 is 4.74 Å². The molecule has 1 aromatic carbocycles. The van der Waals surface area contributed by atoms with E-state index in [9.17, 15) is 25.2 Å². The Hall–Kier alpha value is -1.75. The van der Waals surface area contributed by atoms with Gasteiger partial charge in [0.05, 0.1) is 5.60 Å². The molecule has 1 aromatic rings. The molecule has 1 aliphatic heterocycles. The zero-order valence-electron chi connectivity index (χ0n) is 17.9. The molecule has 0 radical (unpaired) electrons. The fourth-order valence-electron chi connectivity index (χ4n) is 4.53. The Morgan fingerprint density at radius 2 is 1.71 bits per heavy atom.